The summed E-state index contributed by atoms with van der Waals surface area (Å²) < 4.78 is 5.19. The number of fused-ring (bicyclic) bond motifs is 1. The maximum Gasteiger partial charge on any atom is 0.224 e. The molecule has 1 amide bonds. The van der Waals surface area contributed by atoms with Gasteiger partial charge in [0.15, 0.2) is 12.0 Å². The minimum atomic E-state index is -0.00209. The quantitative estimate of drug-likeness (QED) is 0.757. The fraction of sp³-hybridized carbons (Fsp3) is 0.300. The fourth-order valence-electron chi connectivity index (χ4n) is 2.59. The van der Waals surface area contributed by atoms with Crippen LogP contribution >= 0.6 is 0 Å². The Kier molecular flexibility index (Phi) is 4.38. The molecule has 4 heteroatoms. The van der Waals surface area contributed by atoms with Crippen molar-refractivity contribution in [3.8, 4) is 0 Å². The van der Waals surface area contributed by atoms with Crippen LogP contribution in [0.1, 0.15) is 38.3 Å². The van der Waals surface area contributed by atoms with E-state index in [0.717, 1.165) is 17.6 Å². The van der Waals surface area contributed by atoms with Crippen LogP contribution in [-0.4, -0.2) is 10.9 Å². The number of anilines is 1. The number of amides is 1. The van der Waals surface area contributed by atoms with E-state index < -0.39 is 0 Å². The van der Waals surface area contributed by atoms with Gasteiger partial charge in [-0.3, -0.25) is 4.79 Å². The van der Waals surface area contributed by atoms with Gasteiger partial charge in [0.25, 0.3) is 0 Å². The molecular weight excluding hydrogens is 300 g/mol. The van der Waals surface area contributed by atoms with Crippen LogP contribution in [0.5, 0.6) is 0 Å². The second kappa shape index (κ2) is 6.48. The number of hydrogen-bond acceptors (Lipinski definition) is 3. The van der Waals surface area contributed by atoms with Gasteiger partial charge in [0.1, 0.15) is 5.52 Å². The van der Waals surface area contributed by atoms with Crippen molar-refractivity contribution in [2.24, 2.45) is 0 Å². The van der Waals surface area contributed by atoms with Gasteiger partial charge in [-0.15, -0.1) is 0 Å². The van der Waals surface area contributed by atoms with Gasteiger partial charge in [-0.25, -0.2) is 4.98 Å². The second-order valence-corrected chi connectivity index (χ2v) is 7.03. The molecule has 24 heavy (non-hydrogen) atoms. The first-order valence-electron chi connectivity index (χ1n) is 8.14. The third-order valence-corrected chi connectivity index (χ3v) is 4.07. The molecule has 0 aliphatic rings. The molecule has 0 bridgehead atoms. The lowest BCUT2D eigenvalue weighted by Crippen LogP contribution is -2.13. The number of carbonyl (C=O) groups is 1. The van der Waals surface area contributed by atoms with Gasteiger partial charge in [0, 0.05) is 12.1 Å². The molecule has 0 saturated carbocycles. The zero-order valence-electron chi connectivity index (χ0n) is 14.3. The third-order valence-electron chi connectivity index (χ3n) is 4.07. The molecule has 1 aromatic heterocycles. The number of nitrogens with one attached hydrogen (secondary N) is 1. The maximum absolute atomic E-state index is 12.1. The Balaban J connectivity index is 1.57. The molecule has 0 spiro atoms. The predicted octanol–water partition coefficient (Wildman–Crippen LogP) is 4.70. The summed E-state index contributed by atoms with van der Waals surface area (Å²) in [5.41, 5.74) is 4.82. The number of carbonyl (C=O) groups excluding carboxylic acids is 1. The standard InChI is InChI=1S/C20H22N2O2/c1-20(2,3)15-7-4-14(5-8-15)6-11-19(23)22-16-9-10-18-17(12-16)21-13-24-18/h4-5,7-10,12-13H,6,11H2,1-3H3,(H,22,23). The molecule has 0 fully saturated rings. The monoisotopic (exact) mass is 322 g/mol. The highest BCUT2D eigenvalue weighted by Crippen LogP contribution is 2.22. The highest BCUT2D eigenvalue weighted by atomic mass is 16.3. The SMILES string of the molecule is CC(C)(C)c1ccc(CCC(=O)Nc2ccc3ocnc3c2)cc1. The Morgan fingerprint density at radius 1 is 1.12 bits per heavy atom. The summed E-state index contributed by atoms with van der Waals surface area (Å²) in [6.45, 7) is 6.59. The van der Waals surface area contributed by atoms with E-state index in [1.54, 1.807) is 0 Å². The second-order valence-electron chi connectivity index (χ2n) is 7.03. The molecule has 0 radical (unpaired) electrons. The molecule has 0 aliphatic heterocycles. The fourth-order valence-corrected chi connectivity index (χ4v) is 2.59. The van der Waals surface area contributed by atoms with E-state index in [9.17, 15) is 4.79 Å². The van der Waals surface area contributed by atoms with Crippen LogP contribution in [0.3, 0.4) is 0 Å². The molecule has 0 unspecified atom stereocenters. The average Bonchev–Trinajstić information content (AvgIpc) is 3.00. The summed E-state index contributed by atoms with van der Waals surface area (Å²) in [5.74, 6) is -0.00209. The summed E-state index contributed by atoms with van der Waals surface area (Å²) >= 11 is 0. The molecule has 4 nitrogen and oxygen atoms in total. The Labute approximate surface area is 141 Å². The number of benzene rings is 2. The van der Waals surface area contributed by atoms with Gasteiger partial charge < -0.3 is 9.73 Å². The van der Waals surface area contributed by atoms with E-state index in [4.69, 9.17) is 4.42 Å². The van der Waals surface area contributed by atoms with E-state index in [-0.39, 0.29) is 11.3 Å². The van der Waals surface area contributed by atoms with E-state index in [2.05, 4.69) is 55.3 Å². The number of oxazole rings is 1. The van der Waals surface area contributed by atoms with Gasteiger partial charge in [-0.1, -0.05) is 45.0 Å². The number of aryl methyl sites for hydroxylation is 1. The number of aromatic nitrogens is 1. The first-order chi connectivity index (χ1) is 11.4. The molecule has 0 aliphatic carbocycles. The van der Waals surface area contributed by atoms with E-state index in [0.29, 0.717) is 12.0 Å². The highest BCUT2D eigenvalue weighted by Gasteiger charge is 2.13. The summed E-state index contributed by atoms with van der Waals surface area (Å²) in [6, 6.07) is 13.9. The molecule has 124 valence electrons. The van der Waals surface area contributed by atoms with Crippen molar-refractivity contribution in [1.82, 2.24) is 4.98 Å². The lowest BCUT2D eigenvalue weighted by molar-refractivity contribution is -0.116. The van der Waals surface area contributed by atoms with Crippen molar-refractivity contribution in [3.63, 3.8) is 0 Å². The highest BCUT2D eigenvalue weighted by molar-refractivity contribution is 5.92. The number of hydrogen-bond donors (Lipinski definition) is 1. The zero-order chi connectivity index (χ0) is 17.2. The Morgan fingerprint density at radius 3 is 2.58 bits per heavy atom. The first-order valence-corrected chi connectivity index (χ1v) is 8.14. The predicted molar refractivity (Wildman–Crippen MR) is 96.1 cm³/mol. The normalized spacial score (nSPS) is 11.6. The van der Waals surface area contributed by atoms with E-state index in [1.165, 1.54) is 17.5 Å². The lowest BCUT2D eigenvalue weighted by atomic mass is 9.86. The summed E-state index contributed by atoms with van der Waals surface area (Å²) in [5, 5.41) is 2.91. The van der Waals surface area contributed by atoms with E-state index in [1.807, 2.05) is 18.2 Å². The topological polar surface area (TPSA) is 55.1 Å². The average molecular weight is 322 g/mol. The van der Waals surface area contributed by atoms with Crippen molar-refractivity contribution >= 4 is 22.7 Å². The molecule has 3 aromatic rings. The molecular formula is C20H22N2O2. The van der Waals surface area contributed by atoms with Crippen LogP contribution in [0.25, 0.3) is 11.1 Å². The van der Waals surface area contributed by atoms with Crippen molar-refractivity contribution in [2.75, 3.05) is 5.32 Å². The van der Waals surface area contributed by atoms with Crippen LogP contribution < -0.4 is 5.32 Å². The molecule has 0 saturated heterocycles. The molecule has 2 aromatic carbocycles. The van der Waals surface area contributed by atoms with Crippen LogP contribution in [0.15, 0.2) is 53.3 Å². The van der Waals surface area contributed by atoms with E-state index >= 15 is 0 Å². The van der Waals surface area contributed by atoms with Crippen molar-refractivity contribution in [1.29, 1.82) is 0 Å². The van der Waals surface area contributed by atoms with Gasteiger partial charge in [0.2, 0.25) is 5.91 Å². The minimum Gasteiger partial charge on any atom is -0.443 e. The summed E-state index contributed by atoms with van der Waals surface area (Å²) in [4.78, 5) is 16.2. The molecule has 3 rings (SSSR count). The van der Waals surface area contributed by atoms with Gasteiger partial charge in [0.05, 0.1) is 0 Å². The maximum atomic E-state index is 12.1. The summed E-state index contributed by atoms with van der Waals surface area (Å²) in [6.07, 6.45) is 2.58. The van der Waals surface area contributed by atoms with Crippen molar-refractivity contribution in [2.45, 2.75) is 39.0 Å². The molecule has 1 N–H and O–H groups in total. The first kappa shape index (κ1) is 16.2. The van der Waals surface area contributed by atoms with Crippen LogP contribution in [0.4, 0.5) is 5.69 Å². The van der Waals surface area contributed by atoms with Gasteiger partial charge >= 0.3 is 0 Å². The van der Waals surface area contributed by atoms with Crippen LogP contribution in [0.2, 0.25) is 0 Å². The zero-order valence-corrected chi connectivity index (χ0v) is 14.3. The summed E-state index contributed by atoms with van der Waals surface area (Å²) in [7, 11) is 0. The Morgan fingerprint density at radius 2 is 1.88 bits per heavy atom. The number of rotatable bonds is 4. The van der Waals surface area contributed by atoms with Crippen molar-refractivity contribution < 1.29 is 9.21 Å². The minimum absolute atomic E-state index is 0.00209. The lowest BCUT2D eigenvalue weighted by Gasteiger charge is -2.19. The van der Waals surface area contributed by atoms with Gasteiger partial charge in [-0.2, -0.15) is 0 Å². The third kappa shape index (κ3) is 3.82. The van der Waals surface area contributed by atoms with Gasteiger partial charge in [-0.05, 0) is 41.2 Å². The number of nitrogens with zero attached hydrogens (tertiary/aromatic N) is 1. The molecule has 0 atom stereocenters. The smallest absolute Gasteiger partial charge is 0.224 e. The van der Waals surface area contributed by atoms with Crippen molar-refractivity contribution in [3.05, 3.63) is 60.0 Å². The van der Waals surface area contributed by atoms with Crippen LogP contribution in [0, 0.1) is 0 Å². The molecule has 1 heterocycles. The Hall–Kier alpha value is -2.62. The van der Waals surface area contributed by atoms with Crippen LogP contribution in [-0.2, 0) is 16.6 Å². The largest absolute Gasteiger partial charge is 0.443 e. The Bertz CT molecular complexity index is 842.